The normalized spacial score (nSPS) is 17.8. The Kier molecular flexibility index (Phi) is 5.62. The molecule has 0 unspecified atom stereocenters. The first-order chi connectivity index (χ1) is 13.5. The third-order valence-electron chi connectivity index (χ3n) is 5.46. The van der Waals surface area contributed by atoms with Crippen LogP contribution in [0.25, 0.3) is 0 Å². The van der Waals surface area contributed by atoms with Gasteiger partial charge in [0, 0.05) is 24.8 Å². The van der Waals surface area contributed by atoms with E-state index in [0.717, 1.165) is 46.9 Å². The minimum absolute atomic E-state index is 0.00584. The molecule has 150 valence electrons. The summed E-state index contributed by atoms with van der Waals surface area (Å²) in [7, 11) is 0. The smallest absolute Gasteiger partial charge is 0.234 e. The van der Waals surface area contributed by atoms with E-state index in [1.165, 1.54) is 37.4 Å². The lowest BCUT2D eigenvalue weighted by molar-refractivity contribution is -0.113. The minimum Gasteiger partial charge on any atom is -0.341 e. The van der Waals surface area contributed by atoms with Gasteiger partial charge in [0.2, 0.25) is 11.9 Å². The molecular formula is C21H29N5OS. The summed E-state index contributed by atoms with van der Waals surface area (Å²) in [5.74, 6) is 2.12. The van der Waals surface area contributed by atoms with Crippen molar-refractivity contribution in [1.29, 1.82) is 0 Å². The molecule has 28 heavy (non-hydrogen) atoms. The third-order valence-corrected chi connectivity index (χ3v) is 6.41. The Bertz CT molecular complexity index is 832. The number of thioether (sulfide) groups is 1. The molecule has 1 saturated heterocycles. The van der Waals surface area contributed by atoms with Crippen LogP contribution in [0.2, 0.25) is 0 Å². The van der Waals surface area contributed by atoms with Crippen LogP contribution >= 0.6 is 11.8 Å². The number of hydrogen-bond acceptors (Lipinski definition) is 5. The van der Waals surface area contributed by atoms with Gasteiger partial charge in [-0.2, -0.15) is 0 Å². The molecule has 0 spiro atoms. The Hall–Kier alpha value is -2.02. The van der Waals surface area contributed by atoms with Crippen LogP contribution in [-0.4, -0.2) is 39.5 Å². The largest absolute Gasteiger partial charge is 0.341 e. The predicted molar refractivity (Wildman–Crippen MR) is 114 cm³/mol. The van der Waals surface area contributed by atoms with Gasteiger partial charge in [-0.1, -0.05) is 24.8 Å². The first-order valence-corrected chi connectivity index (χ1v) is 11.2. The SMILES string of the molecule is Cc1cc(C)cc(NC(=O)CSc2nnc(N3CCC(C)CC3)n2C2CC2)c1. The first-order valence-electron chi connectivity index (χ1n) is 10.2. The van der Waals surface area contributed by atoms with Crippen molar-refractivity contribution < 1.29 is 4.79 Å². The van der Waals surface area contributed by atoms with Crippen LogP contribution in [0.5, 0.6) is 0 Å². The van der Waals surface area contributed by atoms with E-state index < -0.39 is 0 Å². The summed E-state index contributed by atoms with van der Waals surface area (Å²) < 4.78 is 2.27. The Morgan fingerprint density at radius 3 is 2.43 bits per heavy atom. The lowest BCUT2D eigenvalue weighted by Gasteiger charge is -2.31. The summed E-state index contributed by atoms with van der Waals surface area (Å²) >= 11 is 1.49. The van der Waals surface area contributed by atoms with Crippen molar-refractivity contribution in [1.82, 2.24) is 14.8 Å². The number of carbonyl (C=O) groups is 1. The van der Waals surface area contributed by atoms with Crippen LogP contribution in [-0.2, 0) is 4.79 Å². The molecule has 0 bridgehead atoms. The molecule has 1 aromatic carbocycles. The number of nitrogens with zero attached hydrogens (tertiary/aromatic N) is 4. The van der Waals surface area contributed by atoms with Gasteiger partial charge in [0.25, 0.3) is 0 Å². The van der Waals surface area contributed by atoms with E-state index in [-0.39, 0.29) is 5.91 Å². The molecule has 1 aromatic heterocycles. The molecule has 2 heterocycles. The van der Waals surface area contributed by atoms with E-state index in [1.54, 1.807) is 0 Å². The second kappa shape index (κ2) is 8.15. The maximum atomic E-state index is 12.4. The highest BCUT2D eigenvalue weighted by atomic mass is 32.2. The highest BCUT2D eigenvalue weighted by Gasteiger charge is 2.32. The lowest BCUT2D eigenvalue weighted by Crippen LogP contribution is -2.34. The van der Waals surface area contributed by atoms with Crippen molar-refractivity contribution in [3.8, 4) is 0 Å². The van der Waals surface area contributed by atoms with Gasteiger partial charge in [-0.3, -0.25) is 9.36 Å². The summed E-state index contributed by atoms with van der Waals surface area (Å²) in [6, 6.07) is 6.59. The quantitative estimate of drug-likeness (QED) is 0.738. The zero-order chi connectivity index (χ0) is 19.7. The number of aromatic nitrogens is 3. The highest BCUT2D eigenvalue weighted by molar-refractivity contribution is 7.99. The molecule has 1 aliphatic heterocycles. The minimum atomic E-state index is -0.00584. The maximum Gasteiger partial charge on any atom is 0.234 e. The van der Waals surface area contributed by atoms with Crippen LogP contribution in [0, 0.1) is 19.8 Å². The average molecular weight is 400 g/mol. The van der Waals surface area contributed by atoms with Crippen LogP contribution in [0.3, 0.4) is 0 Å². The van der Waals surface area contributed by atoms with Crippen molar-refractivity contribution in [2.75, 3.05) is 29.1 Å². The van der Waals surface area contributed by atoms with Gasteiger partial charge < -0.3 is 10.2 Å². The number of carbonyl (C=O) groups excluding carboxylic acids is 1. The number of anilines is 2. The Morgan fingerprint density at radius 1 is 1.11 bits per heavy atom. The molecule has 1 saturated carbocycles. The second-order valence-electron chi connectivity index (χ2n) is 8.27. The summed E-state index contributed by atoms with van der Waals surface area (Å²) in [5, 5.41) is 12.8. The summed E-state index contributed by atoms with van der Waals surface area (Å²) in [4.78, 5) is 14.8. The molecule has 2 aromatic rings. The number of rotatable bonds is 6. The molecule has 7 heteroatoms. The van der Waals surface area contributed by atoms with E-state index in [4.69, 9.17) is 0 Å². The van der Waals surface area contributed by atoms with Crippen LogP contribution in [0.4, 0.5) is 11.6 Å². The number of nitrogens with one attached hydrogen (secondary N) is 1. The lowest BCUT2D eigenvalue weighted by atomic mass is 10.00. The van der Waals surface area contributed by atoms with Crippen molar-refractivity contribution in [3.63, 3.8) is 0 Å². The van der Waals surface area contributed by atoms with Crippen molar-refractivity contribution >= 4 is 29.3 Å². The summed E-state index contributed by atoms with van der Waals surface area (Å²) in [6.07, 6.45) is 4.77. The van der Waals surface area contributed by atoms with Gasteiger partial charge in [-0.15, -0.1) is 10.2 Å². The Labute approximate surface area is 171 Å². The molecule has 4 rings (SSSR count). The van der Waals surface area contributed by atoms with Crippen LogP contribution in [0.1, 0.15) is 49.8 Å². The fraction of sp³-hybridized carbons (Fsp3) is 0.571. The fourth-order valence-electron chi connectivity index (χ4n) is 3.82. The summed E-state index contributed by atoms with van der Waals surface area (Å²) in [6.45, 7) is 8.49. The molecule has 1 aliphatic carbocycles. The molecular weight excluding hydrogens is 370 g/mol. The number of hydrogen-bond donors (Lipinski definition) is 1. The molecule has 2 fully saturated rings. The van der Waals surface area contributed by atoms with Gasteiger partial charge in [0.1, 0.15) is 0 Å². The first kappa shape index (κ1) is 19.3. The van der Waals surface area contributed by atoms with Gasteiger partial charge in [0.05, 0.1) is 5.75 Å². The van der Waals surface area contributed by atoms with E-state index >= 15 is 0 Å². The Morgan fingerprint density at radius 2 is 1.79 bits per heavy atom. The predicted octanol–water partition coefficient (Wildman–Crippen LogP) is 4.20. The second-order valence-corrected chi connectivity index (χ2v) is 9.21. The number of amides is 1. The number of aryl methyl sites for hydroxylation is 2. The number of piperidine rings is 1. The van der Waals surface area contributed by atoms with E-state index in [0.29, 0.717) is 11.8 Å². The topological polar surface area (TPSA) is 63.1 Å². The van der Waals surface area contributed by atoms with Gasteiger partial charge in [0.15, 0.2) is 5.16 Å². The van der Waals surface area contributed by atoms with Gasteiger partial charge in [-0.05, 0) is 68.7 Å². The van der Waals surface area contributed by atoms with E-state index in [9.17, 15) is 4.79 Å². The van der Waals surface area contributed by atoms with Crippen LogP contribution in [0.15, 0.2) is 23.4 Å². The third kappa shape index (κ3) is 4.51. The zero-order valence-corrected chi connectivity index (χ0v) is 17.8. The summed E-state index contributed by atoms with van der Waals surface area (Å²) in [5.41, 5.74) is 3.16. The monoisotopic (exact) mass is 399 g/mol. The Balaban J connectivity index is 1.41. The average Bonchev–Trinajstić information content (AvgIpc) is 3.39. The molecule has 6 nitrogen and oxygen atoms in total. The van der Waals surface area contributed by atoms with Crippen LogP contribution < -0.4 is 10.2 Å². The standard InChI is InChI=1S/C21H29N5OS/c1-14-6-8-25(9-7-14)20-23-24-21(26(20)18-4-5-18)28-13-19(27)22-17-11-15(2)10-16(3)12-17/h10-12,14,18H,4-9,13H2,1-3H3,(H,22,27). The van der Waals surface area contributed by atoms with Crippen molar-refractivity contribution in [3.05, 3.63) is 29.3 Å². The van der Waals surface area contributed by atoms with Crippen molar-refractivity contribution in [2.45, 2.75) is 57.7 Å². The molecule has 1 amide bonds. The van der Waals surface area contributed by atoms with Gasteiger partial charge in [-0.25, -0.2) is 0 Å². The molecule has 2 aliphatic rings. The van der Waals surface area contributed by atoms with E-state index in [2.05, 4.69) is 38.0 Å². The molecule has 0 atom stereocenters. The fourth-order valence-corrected chi connectivity index (χ4v) is 4.62. The molecule has 1 N–H and O–H groups in total. The molecule has 0 radical (unpaired) electrons. The zero-order valence-electron chi connectivity index (χ0n) is 16.9. The number of benzene rings is 1. The van der Waals surface area contributed by atoms with Gasteiger partial charge >= 0.3 is 0 Å². The van der Waals surface area contributed by atoms with Crippen molar-refractivity contribution in [2.24, 2.45) is 5.92 Å². The highest BCUT2D eigenvalue weighted by Crippen LogP contribution is 2.41. The maximum absolute atomic E-state index is 12.4. The van der Waals surface area contributed by atoms with E-state index in [1.807, 2.05) is 26.0 Å².